The van der Waals surface area contributed by atoms with Crippen LogP contribution in [0.15, 0.2) is 22.7 Å². The van der Waals surface area contributed by atoms with Gasteiger partial charge in [0.05, 0.1) is 10.6 Å². The number of aliphatic hydroxyl groups excluding tert-OH is 1. The van der Waals surface area contributed by atoms with E-state index < -0.39 is 11.9 Å². The van der Waals surface area contributed by atoms with Crippen LogP contribution in [0, 0.1) is 5.82 Å². The van der Waals surface area contributed by atoms with Crippen LogP contribution in [-0.4, -0.2) is 35.6 Å². The number of amides is 1. The topological polar surface area (TPSA) is 40.5 Å². The van der Waals surface area contributed by atoms with Gasteiger partial charge >= 0.3 is 0 Å². The van der Waals surface area contributed by atoms with E-state index in [0.717, 1.165) is 0 Å². The van der Waals surface area contributed by atoms with Crippen molar-refractivity contribution in [3.63, 3.8) is 0 Å². The van der Waals surface area contributed by atoms with E-state index in [0.29, 0.717) is 4.47 Å². The zero-order valence-electron chi connectivity index (χ0n) is 9.08. The lowest BCUT2D eigenvalue weighted by Gasteiger charge is -2.18. The van der Waals surface area contributed by atoms with Crippen molar-refractivity contribution in [3.8, 4) is 0 Å². The third-order valence-corrected chi connectivity index (χ3v) is 2.69. The summed E-state index contributed by atoms with van der Waals surface area (Å²) in [6.45, 7) is 1.81. The molecule has 0 radical (unpaired) electrons. The van der Waals surface area contributed by atoms with Gasteiger partial charge in [-0.2, -0.15) is 0 Å². The predicted octanol–water partition coefficient (Wildman–Crippen LogP) is 2.04. The number of likely N-dealkylation sites (N-methyl/N-ethyl adjacent to an activating group) is 1. The molecule has 0 fully saturated rings. The van der Waals surface area contributed by atoms with E-state index in [1.807, 2.05) is 0 Å². The molecule has 1 aromatic rings. The second kappa shape index (κ2) is 5.41. The van der Waals surface area contributed by atoms with Crippen LogP contribution in [0.4, 0.5) is 4.39 Å². The fraction of sp³-hybridized carbons (Fsp3) is 0.364. The second-order valence-electron chi connectivity index (χ2n) is 3.66. The van der Waals surface area contributed by atoms with Gasteiger partial charge in [-0.15, -0.1) is 0 Å². The monoisotopic (exact) mass is 289 g/mol. The molecule has 0 saturated carbocycles. The lowest BCUT2D eigenvalue weighted by Crippen LogP contribution is -2.33. The third kappa shape index (κ3) is 3.28. The summed E-state index contributed by atoms with van der Waals surface area (Å²) in [4.78, 5) is 13.1. The van der Waals surface area contributed by atoms with Crippen LogP contribution < -0.4 is 0 Å². The number of carbonyl (C=O) groups is 1. The molecule has 0 aromatic heterocycles. The Morgan fingerprint density at radius 1 is 1.62 bits per heavy atom. The fourth-order valence-electron chi connectivity index (χ4n) is 1.33. The molecule has 1 unspecified atom stereocenters. The SMILES string of the molecule is CC(O)CN(C)C(=O)c1ccc(Br)c(F)c1. The number of hydrogen-bond donors (Lipinski definition) is 1. The first-order chi connectivity index (χ1) is 7.41. The molecule has 0 aliphatic rings. The average Bonchev–Trinajstić information content (AvgIpc) is 2.20. The Labute approximate surface area is 102 Å². The number of benzene rings is 1. The maximum absolute atomic E-state index is 13.2. The van der Waals surface area contributed by atoms with Crippen molar-refractivity contribution >= 4 is 21.8 Å². The summed E-state index contributed by atoms with van der Waals surface area (Å²) in [6, 6.07) is 4.19. The zero-order chi connectivity index (χ0) is 12.3. The molecule has 1 rings (SSSR count). The summed E-state index contributed by atoms with van der Waals surface area (Å²) in [5, 5.41) is 9.14. The second-order valence-corrected chi connectivity index (χ2v) is 4.52. The molecular formula is C11H13BrFNO2. The highest BCUT2D eigenvalue weighted by molar-refractivity contribution is 9.10. The van der Waals surface area contributed by atoms with Gasteiger partial charge in [-0.25, -0.2) is 4.39 Å². The van der Waals surface area contributed by atoms with Gasteiger partial charge in [0.1, 0.15) is 5.82 Å². The highest BCUT2D eigenvalue weighted by atomic mass is 79.9. The maximum atomic E-state index is 13.2. The van der Waals surface area contributed by atoms with Gasteiger partial charge in [0.15, 0.2) is 0 Å². The molecule has 0 bridgehead atoms. The van der Waals surface area contributed by atoms with Gasteiger partial charge in [0.2, 0.25) is 0 Å². The third-order valence-electron chi connectivity index (χ3n) is 2.05. The Hall–Kier alpha value is -0.940. The van der Waals surface area contributed by atoms with Crippen molar-refractivity contribution in [2.75, 3.05) is 13.6 Å². The summed E-state index contributed by atoms with van der Waals surface area (Å²) in [5.41, 5.74) is 0.267. The minimum absolute atomic E-state index is 0.219. The summed E-state index contributed by atoms with van der Waals surface area (Å²) in [7, 11) is 1.56. The summed E-state index contributed by atoms with van der Waals surface area (Å²) in [5.74, 6) is -0.788. The van der Waals surface area contributed by atoms with E-state index in [2.05, 4.69) is 15.9 Å². The number of nitrogens with zero attached hydrogens (tertiary/aromatic N) is 1. The van der Waals surface area contributed by atoms with Gasteiger partial charge < -0.3 is 10.0 Å². The van der Waals surface area contributed by atoms with Crippen LogP contribution in [0.1, 0.15) is 17.3 Å². The van der Waals surface area contributed by atoms with E-state index >= 15 is 0 Å². The Morgan fingerprint density at radius 2 is 2.25 bits per heavy atom. The van der Waals surface area contributed by atoms with Crippen molar-refractivity contribution in [1.29, 1.82) is 0 Å². The molecular weight excluding hydrogens is 277 g/mol. The average molecular weight is 290 g/mol. The van der Waals surface area contributed by atoms with Crippen LogP contribution in [0.3, 0.4) is 0 Å². The molecule has 1 N–H and O–H groups in total. The minimum atomic E-state index is -0.603. The van der Waals surface area contributed by atoms with Crippen molar-refractivity contribution in [1.82, 2.24) is 4.90 Å². The number of carbonyl (C=O) groups excluding carboxylic acids is 1. The highest BCUT2D eigenvalue weighted by Gasteiger charge is 2.14. The van der Waals surface area contributed by atoms with Gasteiger partial charge in [-0.1, -0.05) is 0 Å². The first-order valence-electron chi connectivity index (χ1n) is 4.80. The van der Waals surface area contributed by atoms with Crippen molar-refractivity contribution in [3.05, 3.63) is 34.1 Å². The number of aliphatic hydroxyl groups is 1. The van der Waals surface area contributed by atoms with E-state index in [9.17, 15) is 9.18 Å². The first kappa shape index (κ1) is 13.1. The van der Waals surface area contributed by atoms with Crippen LogP contribution in [0.25, 0.3) is 0 Å². The largest absolute Gasteiger partial charge is 0.392 e. The highest BCUT2D eigenvalue weighted by Crippen LogP contribution is 2.17. The van der Waals surface area contributed by atoms with Gasteiger partial charge in [0, 0.05) is 19.2 Å². The van der Waals surface area contributed by atoms with Crippen molar-refractivity contribution < 1.29 is 14.3 Å². The lowest BCUT2D eigenvalue weighted by molar-refractivity contribution is 0.0703. The van der Waals surface area contributed by atoms with Crippen molar-refractivity contribution in [2.24, 2.45) is 0 Å². The lowest BCUT2D eigenvalue weighted by atomic mass is 10.2. The predicted molar refractivity (Wildman–Crippen MR) is 62.7 cm³/mol. The first-order valence-corrected chi connectivity index (χ1v) is 5.59. The number of hydrogen-bond acceptors (Lipinski definition) is 2. The van der Waals surface area contributed by atoms with Crippen LogP contribution in [0.2, 0.25) is 0 Å². The zero-order valence-corrected chi connectivity index (χ0v) is 10.7. The van der Waals surface area contributed by atoms with E-state index in [4.69, 9.17) is 5.11 Å². The molecule has 5 heteroatoms. The number of halogens is 2. The van der Waals surface area contributed by atoms with E-state index in [1.54, 1.807) is 14.0 Å². The maximum Gasteiger partial charge on any atom is 0.253 e. The molecule has 0 spiro atoms. The molecule has 88 valence electrons. The van der Waals surface area contributed by atoms with Gasteiger partial charge in [0.25, 0.3) is 5.91 Å². The molecule has 16 heavy (non-hydrogen) atoms. The van der Waals surface area contributed by atoms with E-state index in [-0.39, 0.29) is 18.0 Å². The molecule has 1 atom stereocenters. The Balaban J connectivity index is 2.84. The minimum Gasteiger partial charge on any atom is -0.392 e. The molecule has 3 nitrogen and oxygen atoms in total. The Kier molecular flexibility index (Phi) is 4.44. The van der Waals surface area contributed by atoms with Gasteiger partial charge in [-0.3, -0.25) is 4.79 Å². The smallest absolute Gasteiger partial charge is 0.253 e. The summed E-state index contributed by atoms with van der Waals surface area (Å²) < 4.78 is 13.5. The van der Waals surface area contributed by atoms with Crippen molar-refractivity contribution in [2.45, 2.75) is 13.0 Å². The summed E-state index contributed by atoms with van der Waals surface area (Å²) >= 11 is 3.02. The standard InChI is InChI=1S/C11H13BrFNO2/c1-7(15)6-14(2)11(16)8-3-4-9(12)10(13)5-8/h3-5,7,15H,6H2,1-2H3. The molecule has 1 amide bonds. The van der Waals surface area contributed by atoms with Gasteiger partial charge in [-0.05, 0) is 41.1 Å². The van der Waals surface area contributed by atoms with Crippen LogP contribution >= 0.6 is 15.9 Å². The molecule has 1 aromatic carbocycles. The number of rotatable bonds is 3. The van der Waals surface area contributed by atoms with Crippen LogP contribution in [-0.2, 0) is 0 Å². The van der Waals surface area contributed by atoms with E-state index in [1.165, 1.54) is 23.1 Å². The quantitative estimate of drug-likeness (QED) is 0.925. The normalized spacial score (nSPS) is 12.3. The Morgan fingerprint density at radius 3 is 2.75 bits per heavy atom. The molecule has 0 aliphatic heterocycles. The molecule has 0 aliphatic carbocycles. The van der Waals surface area contributed by atoms with Crippen LogP contribution in [0.5, 0.6) is 0 Å². The summed E-state index contributed by atoms with van der Waals surface area (Å²) in [6.07, 6.45) is -0.603. The Bertz CT molecular complexity index is 396. The molecule has 0 saturated heterocycles. The fourth-order valence-corrected chi connectivity index (χ4v) is 1.58. The molecule has 0 heterocycles.